The summed E-state index contributed by atoms with van der Waals surface area (Å²) in [6.45, 7) is 1.08. The summed E-state index contributed by atoms with van der Waals surface area (Å²) in [5.41, 5.74) is 2.09. The Morgan fingerprint density at radius 2 is 1.85 bits per heavy atom. The van der Waals surface area contributed by atoms with Crippen LogP contribution in [0, 0.1) is 10.1 Å². The predicted octanol–water partition coefficient (Wildman–Crippen LogP) is 4.34. The SMILES string of the molecule is O=c1c2c3n(c(SCCOc4ccccc4[N+](=O)[O-])nc-2nn1-c1ccccc1)CCCCC3. The lowest BCUT2D eigenvalue weighted by atomic mass is 10.1. The predicted molar refractivity (Wildman–Crippen MR) is 129 cm³/mol. The van der Waals surface area contributed by atoms with Crippen LogP contribution in [0.5, 0.6) is 5.75 Å². The van der Waals surface area contributed by atoms with Crippen molar-refractivity contribution < 1.29 is 9.66 Å². The lowest BCUT2D eigenvalue weighted by Gasteiger charge is -2.17. The summed E-state index contributed by atoms with van der Waals surface area (Å²) in [6.07, 6.45) is 3.93. The largest absolute Gasteiger partial charge is 0.486 e. The second kappa shape index (κ2) is 9.68. The second-order valence-corrected chi connectivity index (χ2v) is 9.04. The molecule has 0 aliphatic carbocycles. The van der Waals surface area contributed by atoms with Crippen LogP contribution in [0.4, 0.5) is 5.69 Å². The molecule has 10 heteroatoms. The third-order valence-electron chi connectivity index (χ3n) is 5.80. The smallest absolute Gasteiger partial charge is 0.310 e. The maximum Gasteiger partial charge on any atom is 0.310 e. The van der Waals surface area contributed by atoms with E-state index in [1.807, 2.05) is 30.3 Å². The molecule has 0 saturated heterocycles. The van der Waals surface area contributed by atoms with Gasteiger partial charge in [-0.25, -0.2) is 4.98 Å². The summed E-state index contributed by atoms with van der Waals surface area (Å²) < 4.78 is 9.26. The van der Waals surface area contributed by atoms with Crippen molar-refractivity contribution in [3.05, 3.63) is 80.8 Å². The quantitative estimate of drug-likeness (QED) is 0.128. The molecule has 9 nitrogen and oxygen atoms in total. The molecular weight excluding hydrogens is 454 g/mol. The van der Waals surface area contributed by atoms with Crippen molar-refractivity contribution in [2.24, 2.45) is 0 Å². The minimum Gasteiger partial charge on any atom is -0.486 e. The number of ether oxygens (including phenoxy) is 1. The van der Waals surface area contributed by atoms with Gasteiger partial charge in [-0.2, -0.15) is 4.68 Å². The molecule has 5 rings (SSSR count). The Balaban J connectivity index is 1.43. The van der Waals surface area contributed by atoms with Crippen molar-refractivity contribution in [2.75, 3.05) is 12.4 Å². The monoisotopic (exact) mass is 477 g/mol. The number of thioether (sulfide) groups is 1. The standard InChI is InChI=1S/C24H23N5O4S/c30-23-21-19-12-5-2-8-14-27(19)24(25-22(21)26-28(23)17-9-3-1-4-10-17)34-16-15-33-20-13-7-6-11-18(20)29(31)32/h1,3-4,6-7,9-11,13H,2,5,8,12,14-16H2. The summed E-state index contributed by atoms with van der Waals surface area (Å²) in [5, 5.41) is 16.5. The molecule has 2 aromatic rings. The first-order valence-electron chi connectivity index (χ1n) is 11.2. The highest BCUT2D eigenvalue weighted by molar-refractivity contribution is 7.99. The van der Waals surface area contributed by atoms with Gasteiger partial charge in [0.05, 0.1) is 17.2 Å². The number of nitro benzene ring substituents is 1. The van der Waals surface area contributed by atoms with E-state index in [0.29, 0.717) is 22.8 Å². The molecular formula is C24H23N5O4S. The Bertz CT molecular complexity index is 1350. The second-order valence-electron chi connectivity index (χ2n) is 7.98. The summed E-state index contributed by atoms with van der Waals surface area (Å²) in [6, 6.07) is 15.7. The Morgan fingerprint density at radius 3 is 2.68 bits per heavy atom. The van der Waals surface area contributed by atoms with Gasteiger partial charge in [0.2, 0.25) is 0 Å². The lowest BCUT2D eigenvalue weighted by Crippen LogP contribution is -2.19. The minimum atomic E-state index is -0.447. The Morgan fingerprint density at radius 1 is 1.06 bits per heavy atom. The molecule has 0 aromatic heterocycles. The highest BCUT2D eigenvalue weighted by atomic mass is 32.2. The van der Waals surface area contributed by atoms with E-state index in [0.717, 1.165) is 43.1 Å². The number of nitrogens with zero attached hydrogens (tertiary/aromatic N) is 5. The number of nitro groups is 1. The maximum atomic E-state index is 13.3. The highest BCUT2D eigenvalue weighted by Crippen LogP contribution is 2.31. The average Bonchev–Trinajstić information content (AvgIpc) is 3.02. The molecule has 0 fully saturated rings. The molecule has 34 heavy (non-hydrogen) atoms. The molecule has 0 spiro atoms. The van der Waals surface area contributed by atoms with Crippen molar-refractivity contribution >= 4 is 17.4 Å². The molecule has 0 bridgehead atoms. The Labute approximate surface area is 199 Å². The minimum absolute atomic E-state index is 0.0512. The van der Waals surface area contributed by atoms with E-state index in [1.165, 1.54) is 22.5 Å². The topological polar surface area (TPSA) is 105 Å². The van der Waals surface area contributed by atoms with Crippen molar-refractivity contribution in [3.63, 3.8) is 0 Å². The Hall–Kier alpha value is -3.66. The Kier molecular flexibility index (Phi) is 6.31. The van der Waals surface area contributed by atoms with Crippen LogP contribution in [0.1, 0.15) is 25.0 Å². The van der Waals surface area contributed by atoms with E-state index in [-0.39, 0.29) is 23.6 Å². The number of hydrogen-bond acceptors (Lipinski definition) is 7. The highest BCUT2D eigenvalue weighted by Gasteiger charge is 2.27. The van der Waals surface area contributed by atoms with Crippen LogP contribution in [-0.4, -0.2) is 36.6 Å². The summed E-state index contributed by atoms with van der Waals surface area (Å²) in [5.74, 6) is 1.25. The van der Waals surface area contributed by atoms with E-state index in [9.17, 15) is 14.9 Å². The van der Waals surface area contributed by atoms with E-state index in [2.05, 4.69) is 9.67 Å². The number of para-hydroxylation sites is 3. The first-order chi connectivity index (χ1) is 16.6. The average molecular weight is 478 g/mol. The van der Waals surface area contributed by atoms with Crippen molar-refractivity contribution in [1.82, 2.24) is 19.3 Å². The summed E-state index contributed by atoms with van der Waals surface area (Å²) >= 11 is 1.51. The fraction of sp³-hybridized carbons (Fsp3) is 0.292. The van der Waals surface area contributed by atoms with Crippen LogP contribution >= 0.6 is 11.8 Å². The van der Waals surface area contributed by atoms with E-state index in [1.54, 1.807) is 18.2 Å². The summed E-state index contributed by atoms with van der Waals surface area (Å²) in [7, 11) is 0. The van der Waals surface area contributed by atoms with Crippen LogP contribution < -0.4 is 10.3 Å². The van der Waals surface area contributed by atoms with Crippen molar-refractivity contribution in [2.45, 2.75) is 37.4 Å². The number of benzene rings is 2. The molecule has 174 valence electrons. The normalized spacial score (nSPS) is 13.4. The number of rotatable bonds is 7. The van der Waals surface area contributed by atoms with E-state index < -0.39 is 4.92 Å². The maximum absolute atomic E-state index is 13.3. The fourth-order valence-corrected chi connectivity index (χ4v) is 5.08. The van der Waals surface area contributed by atoms with E-state index >= 15 is 0 Å². The number of fused-ring (bicyclic) bond motifs is 3. The number of hydrogen-bond donors (Lipinski definition) is 0. The molecule has 2 aromatic carbocycles. The first kappa shape index (κ1) is 22.1. The van der Waals surface area contributed by atoms with Gasteiger partial charge in [-0.1, -0.05) is 48.5 Å². The van der Waals surface area contributed by atoms with Gasteiger partial charge in [0.1, 0.15) is 5.56 Å². The molecule has 3 aliphatic rings. The van der Waals surface area contributed by atoms with E-state index in [4.69, 9.17) is 9.72 Å². The molecule has 0 amide bonds. The van der Waals surface area contributed by atoms with Gasteiger partial charge in [-0.3, -0.25) is 14.9 Å². The zero-order chi connectivity index (χ0) is 23.5. The van der Waals surface area contributed by atoms with Crippen molar-refractivity contribution in [3.8, 4) is 22.8 Å². The molecule has 3 aliphatic heterocycles. The third kappa shape index (κ3) is 4.28. The van der Waals surface area contributed by atoms with Gasteiger partial charge in [-0.05, 0) is 37.5 Å². The molecule has 0 unspecified atom stereocenters. The zero-order valence-corrected chi connectivity index (χ0v) is 19.2. The van der Waals surface area contributed by atoms with Gasteiger partial charge >= 0.3 is 5.69 Å². The van der Waals surface area contributed by atoms with Crippen LogP contribution in [0.3, 0.4) is 0 Å². The van der Waals surface area contributed by atoms with Gasteiger partial charge < -0.3 is 9.30 Å². The zero-order valence-electron chi connectivity index (χ0n) is 18.4. The number of aromatic nitrogens is 4. The molecule has 3 heterocycles. The fourth-order valence-electron chi connectivity index (χ4n) is 4.22. The molecule has 0 atom stereocenters. The van der Waals surface area contributed by atoms with Crippen LogP contribution in [0.2, 0.25) is 0 Å². The van der Waals surface area contributed by atoms with Crippen molar-refractivity contribution in [1.29, 1.82) is 0 Å². The lowest BCUT2D eigenvalue weighted by molar-refractivity contribution is -0.385. The summed E-state index contributed by atoms with van der Waals surface area (Å²) in [4.78, 5) is 28.8. The van der Waals surface area contributed by atoms with Gasteiger partial charge in [0.15, 0.2) is 16.7 Å². The molecule has 0 N–H and O–H groups in total. The van der Waals surface area contributed by atoms with Crippen LogP contribution in [0.15, 0.2) is 64.5 Å². The third-order valence-corrected chi connectivity index (χ3v) is 6.74. The first-order valence-corrected chi connectivity index (χ1v) is 12.2. The van der Waals surface area contributed by atoms with Gasteiger partial charge in [0.25, 0.3) is 5.56 Å². The van der Waals surface area contributed by atoms with Gasteiger partial charge in [0, 0.05) is 24.1 Å². The molecule has 0 radical (unpaired) electrons. The van der Waals surface area contributed by atoms with Crippen LogP contribution in [0.25, 0.3) is 17.1 Å². The molecule has 0 saturated carbocycles. The van der Waals surface area contributed by atoms with Gasteiger partial charge in [-0.15, -0.1) is 5.10 Å². The van der Waals surface area contributed by atoms with Crippen LogP contribution in [-0.2, 0) is 13.0 Å².